The molecule has 0 radical (unpaired) electrons. The Hall–Kier alpha value is -0.160. The third kappa shape index (κ3) is 6.69. The largest absolute Gasteiger partial charge is 0.389 e. The van der Waals surface area contributed by atoms with Crippen molar-refractivity contribution in [1.82, 2.24) is 5.32 Å². The summed E-state index contributed by atoms with van der Waals surface area (Å²) in [5, 5.41) is 13.2. The Kier molecular flexibility index (Phi) is 7.15. The van der Waals surface area contributed by atoms with Crippen LogP contribution in [0.15, 0.2) is 0 Å². The average Bonchev–Trinajstić information content (AvgIpc) is 2.33. The molecule has 0 spiro atoms. The van der Waals surface area contributed by atoms with Gasteiger partial charge in [0.1, 0.15) is 0 Å². The first-order chi connectivity index (χ1) is 8.53. The Bertz CT molecular complexity index is 211. The molecule has 1 fully saturated rings. The van der Waals surface area contributed by atoms with Crippen molar-refractivity contribution >= 4 is 0 Å². The zero-order valence-corrected chi connectivity index (χ0v) is 12.1. The van der Waals surface area contributed by atoms with Gasteiger partial charge in [-0.3, -0.25) is 0 Å². The zero-order valence-electron chi connectivity index (χ0n) is 12.1. The van der Waals surface area contributed by atoms with Gasteiger partial charge in [-0.05, 0) is 31.1 Å². The van der Waals surface area contributed by atoms with E-state index in [1.54, 1.807) is 7.11 Å². The van der Waals surface area contributed by atoms with Crippen LogP contribution in [0.5, 0.6) is 0 Å². The van der Waals surface area contributed by atoms with Crippen molar-refractivity contribution in [2.45, 2.75) is 51.7 Å². The summed E-state index contributed by atoms with van der Waals surface area (Å²) in [5.41, 5.74) is 0.500. The summed E-state index contributed by atoms with van der Waals surface area (Å²) in [5.74, 6) is 0. The summed E-state index contributed by atoms with van der Waals surface area (Å²) in [7, 11) is 1.64. The Morgan fingerprint density at radius 1 is 1.28 bits per heavy atom. The lowest BCUT2D eigenvalue weighted by atomic mass is 9.75. The van der Waals surface area contributed by atoms with E-state index in [4.69, 9.17) is 9.47 Å². The van der Waals surface area contributed by atoms with Crippen molar-refractivity contribution in [2.24, 2.45) is 5.41 Å². The minimum absolute atomic E-state index is 0.384. The maximum absolute atomic E-state index is 9.75. The average molecular weight is 259 g/mol. The molecule has 0 aromatic carbocycles. The molecular formula is C14H29NO3. The summed E-state index contributed by atoms with van der Waals surface area (Å²) in [6.45, 7) is 6.80. The molecule has 1 aliphatic carbocycles. The molecule has 1 saturated carbocycles. The van der Waals surface area contributed by atoms with E-state index in [2.05, 4.69) is 19.2 Å². The summed E-state index contributed by atoms with van der Waals surface area (Å²) in [6, 6.07) is 0.562. The third-order valence-corrected chi connectivity index (χ3v) is 3.72. The highest BCUT2D eigenvalue weighted by Gasteiger charge is 2.26. The van der Waals surface area contributed by atoms with Gasteiger partial charge in [0, 0.05) is 19.7 Å². The van der Waals surface area contributed by atoms with E-state index in [-0.39, 0.29) is 0 Å². The van der Waals surface area contributed by atoms with Crippen LogP contribution in [0, 0.1) is 5.41 Å². The Labute approximate surface area is 111 Å². The Morgan fingerprint density at radius 2 is 1.94 bits per heavy atom. The molecule has 4 nitrogen and oxygen atoms in total. The molecule has 0 heterocycles. The second-order valence-electron chi connectivity index (χ2n) is 6.07. The topological polar surface area (TPSA) is 50.7 Å². The van der Waals surface area contributed by atoms with Gasteiger partial charge < -0.3 is 19.9 Å². The van der Waals surface area contributed by atoms with E-state index in [1.165, 1.54) is 25.7 Å². The van der Waals surface area contributed by atoms with Gasteiger partial charge in [0.2, 0.25) is 0 Å². The minimum Gasteiger partial charge on any atom is -0.389 e. The van der Waals surface area contributed by atoms with E-state index >= 15 is 0 Å². The van der Waals surface area contributed by atoms with Gasteiger partial charge in [-0.1, -0.05) is 13.8 Å². The van der Waals surface area contributed by atoms with Gasteiger partial charge in [0.05, 0.1) is 25.9 Å². The first kappa shape index (κ1) is 15.9. The number of hydrogen-bond donors (Lipinski definition) is 2. The van der Waals surface area contributed by atoms with Crippen LogP contribution < -0.4 is 5.32 Å². The molecule has 0 aromatic rings. The molecule has 4 heteroatoms. The number of aliphatic hydroxyl groups is 1. The number of rotatable bonds is 8. The van der Waals surface area contributed by atoms with Gasteiger partial charge in [0.25, 0.3) is 0 Å². The zero-order chi connectivity index (χ0) is 13.4. The fraction of sp³-hybridized carbons (Fsp3) is 1.00. The van der Waals surface area contributed by atoms with Crippen LogP contribution in [-0.4, -0.2) is 50.7 Å². The van der Waals surface area contributed by atoms with E-state index in [1.807, 2.05) is 0 Å². The highest BCUT2D eigenvalue weighted by Crippen LogP contribution is 2.34. The lowest BCUT2D eigenvalue weighted by Gasteiger charge is -2.35. The monoisotopic (exact) mass is 259 g/mol. The molecule has 1 unspecified atom stereocenters. The lowest BCUT2D eigenvalue weighted by molar-refractivity contribution is 0.0120. The molecule has 0 bridgehead atoms. The molecule has 0 aromatic heterocycles. The van der Waals surface area contributed by atoms with Crippen LogP contribution >= 0.6 is 0 Å². The molecule has 108 valence electrons. The summed E-state index contributed by atoms with van der Waals surface area (Å²) in [4.78, 5) is 0. The van der Waals surface area contributed by atoms with Crippen molar-refractivity contribution in [3.8, 4) is 0 Å². The van der Waals surface area contributed by atoms with Crippen LogP contribution in [0.1, 0.15) is 39.5 Å². The molecule has 0 amide bonds. The number of aliphatic hydroxyl groups excluding tert-OH is 1. The van der Waals surface area contributed by atoms with Crippen molar-refractivity contribution in [2.75, 3.05) is 33.5 Å². The number of nitrogens with one attached hydrogen (secondary N) is 1. The second kappa shape index (κ2) is 8.10. The van der Waals surface area contributed by atoms with Crippen molar-refractivity contribution in [3.63, 3.8) is 0 Å². The highest BCUT2D eigenvalue weighted by atomic mass is 16.5. The quantitative estimate of drug-likeness (QED) is 0.650. The lowest BCUT2D eigenvalue weighted by Crippen LogP contribution is -2.40. The fourth-order valence-corrected chi connectivity index (χ4v) is 2.33. The van der Waals surface area contributed by atoms with E-state index in [0.29, 0.717) is 37.8 Å². The molecular weight excluding hydrogens is 230 g/mol. The third-order valence-electron chi connectivity index (χ3n) is 3.72. The molecule has 1 aliphatic rings. The van der Waals surface area contributed by atoms with Gasteiger partial charge in [-0.2, -0.15) is 0 Å². The highest BCUT2D eigenvalue weighted by molar-refractivity contribution is 4.82. The van der Waals surface area contributed by atoms with E-state index < -0.39 is 6.10 Å². The maximum atomic E-state index is 9.75. The van der Waals surface area contributed by atoms with Crippen LogP contribution in [0.25, 0.3) is 0 Å². The normalized spacial score (nSPS) is 22.0. The molecule has 0 saturated heterocycles. The number of hydrogen-bond acceptors (Lipinski definition) is 4. The molecule has 2 N–H and O–H groups in total. The Balaban J connectivity index is 2.03. The smallest absolute Gasteiger partial charge is 0.0897 e. The van der Waals surface area contributed by atoms with Crippen LogP contribution in [0.2, 0.25) is 0 Å². The first-order valence-electron chi connectivity index (χ1n) is 7.01. The predicted octanol–water partition coefficient (Wildman–Crippen LogP) is 1.57. The molecule has 0 aliphatic heterocycles. The second-order valence-corrected chi connectivity index (χ2v) is 6.07. The maximum Gasteiger partial charge on any atom is 0.0897 e. The number of methoxy groups -OCH3 is 1. The van der Waals surface area contributed by atoms with Gasteiger partial charge >= 0.3 is 0 Å². The van der Waals surface area contributed by atoms with Gasteiger partial charge in [0.15, 0.2) is 0 Å². The predicted molar refractivity (Wildman–Crippen MR) is 72.7 cm³/mol. The van der Waals surface area contributed by atoms with Crippen molar-refractivity contribution < 1.29 is 14.6 Å². The SMILES string of the molecule is COCCOCC(O)CNC1CCC(C)(C)CC1. The molecule has 18 heavy (non-hydrogen) atoms. The fourth-order valence-electron chi connectivity index (χ4n) is 2.33. The first-order valence-corrected chi connectivity index (χ1v) is 7.01. The van der Waals surface area contributed by atoms with Crippen molar-refractivity contribution in [1.29, 1.82) is 0 Å². The van der Waals surface area contributed by atoms with Crippen LogP contribution in [0.3, 0.4) is 0 Å². The summed E-state index contributed by atoms with van der Waals surface area (Å²) < 4.78 is 10.2. The standard InChI is InChI=1S/C14H29NO3/c1-14(2)6-4-12(5-7-14)15-10-13(16)11-18-9-8-17-3/h12-13,15-16H,4-11H2,1-3H3. The van der Waals surface area contributed by atoms with Crippen LogP contribution in [-0.2, 0) is 9.47 Å². The van der Waals surface area contributed by atoms with Crippen molar-refractivity contribution in [3.05, 3.63) is 0 Å². The molecule has 1 rings (SSSR count). The Morgan fingerprint density at radius 3 is 2.56 bits per heavy atom. The summed E-state index contributed by atoms with van der Waals surface area (Å²) >= 11 is 0. The molecule has 1 atom stereocenters. The van der Waals surface area contributed by atoms with E-state index in [0.717, 1.165) is 0 Å². The van der Waals surface area contributed by atoms with Gasteiger partial charge in [-0.25, -0.2) is 0 Å². The summed E-state index contributed by atoms with van der Waals surface area (Å²) in [6.07, 6.45) is 4.54. The van der Waals surface area contributed by atoms with Gasteiger partial charge in [-0.15, -0.1) is 0 Å². The minimum atomic E-state index is -0.420. The van der Waals surface area contributed by atoms with Crippen LogP contribution in [0.4, 0.5) is 0 Å². The number of ether oxygens (including phenoxy) is 2. The van der Waals surface area contributed by atoms with E-state index in [9.17, 15) is 5.11 Å².